The zero-order valence-electron chi connectivity index (χ0n) is 16.2. The van der Waals surface area contributed by atoms with Crippen LogP contribution in [-0.4, -0.2) is 19.7 Å². The van der Waals surface area contributed by atoms with Gasteiger partial charge in [-0.3, -0.25) is 4.57 Å². The van der Waals surface area contributed by atoms with E-state index in [4.69, 9.17) is 16.0 Å². The van der Waals surface area contributed by atoms with Crippen molar-refractivity contribution in [2.45, 2.75) is 64.5 Å². The molecular formula is C21H24ClN5O. The number of fused-ring (bicyclic) bond motifs is 3. The van der Waals surface area contributed by atoms with Crippen molar-refractivity contribution in [1.82, 2.24) is 25.1 Å². The Labute approximate surface area is 169 Å². The number of nitrogens with one attached hydrogen (secondary N) is 1. The second-order valence-electron chi connectivity index (χ2n) is 7.93. The van der Waals surface area contributed by atoms with Gasteiger partial charge in [0.25, 0.3) is 0 Å². The molecule has 1 aliphatic heterocycles. The molecule has 1 fully saturated rings. The van der Waals surface area contributed by atoms with E-state index < -0.39 is 0 Å². The van der Waals surface area contributed by atoms with E-state index in [2.05, 4.69) is 31.1 Å². The third kappa shape index (κ3) is 3.05. The molecule has 0 saturated heterocycles. The quantitative estimate of drug-likeness (QED) is 0.685. The number of oxazole rings is 1. The lowest BCUT2D eigenvalue weighted by Gasteiger charge is -2.26. The van der Waals surface area contributed by atoms with E-state index in [1.807, 2.05) is 26.0 Å². The summed E-state index contributed by atoms with van der Waals surface area (Å²) in [6, 6.07) is 6.07. The molecular weight excluding hydrogens is 374 g/mol. The van der Waals surface area contributed by atoms with Crippen LogP contribution in [-0.2, 0) is 13.1 Å². The first-order chi connectivity index (χ1) is 13.6. The highest BCUT2D eigenvalue weighted by Gasteiger charge is 2.31. The highest BCUT2D eigenvalue weighted by molar-refractivity contribution is 6.30. The van der Waals surface area contributed by atoms with E-state index >= 15 is 0 Å². The number of nitrogens with zero attached hydrogens (tertiary/aromatic N) is 4. The third-order valence-corrected chi connectivity index (χ3v) is 6.36. The monoisotopic (exact) mass is 397 g/mol. The van der Waals surface area contributed by atoms with Crippen LogP contribution in [0.25, 0.3) is 5.69 Å². The minimum atomic E-state index is 0.399. The molecule has 3 aromatic rings. The number of halogens is 1. The fourth-order valence-corrected chi connectivity index (χ4v) is 4.66. The number of hydrogen-bond acceptors (Lipinski definition) is 5. The van der Waals surface area contributed by atoms with E-state index in [1.54, 1.807) is 0 Å². The summed E-state index contributed by atoms with van der Waals surface area (Å²) in [6.07, 6.45) is 4.27. The number of hydrogen-bond donors (Lipinski definition) is 1. The van der Waals surface area contributed by atoms with Gasteiger partial charge in [-0.25, -0.2) is 4.98 Å². The van der Waals surface area contributed by atoms with Gasteiger partial charge >= 0.3 is 0 Å². The Morgan fingerprint density at radius 1 is 1.07 bits per heavy atom. The zero-order chi connectivity index (χ0) is 19.3. The fourth-order valence-electron chi connectivity index (χ4n) is 4.47. The Balaban J connectivity index is 1.42. The topological polar surface area (TPSA) is 68.8 Å². The summed E-state index contributed by atoms with van der Waals surface area (Å²) in [7, 11) is 0. The zero-order valence-corrected chi connectivity index (χ0v) is 17.0. The first kappa shape index (κ1) is 17.9. The third-order valence-electron chi connectivity index (χ3n) is 6.12. The molecule has 0 amide bonds. The van der Waals surface area contributed by atoms with E-state index in [1.165, 1.54) is 5.56 Å². The van der Waals surface area contributed by atoms with Gasteiger partial charge in [0.15, 0.2) is 11.7 Å². The standard InChI is InChI=1S/C21H24ClN5O/c1-12-13(2)28-21(24-12)15-5-3-14(4-6-15)20-26-25-19-11-23-10-16-9-17(22)7-8-18(16)27(19)20/h7-9,14-15,23H,3-6,10-11H2,1-2H3/t14-,15-. The first-order valence-corrected chi connectivity index (χ1v) is 10.4. The van der Waals surface area contributed by atoms with Crippen LogP contribution >= 0.6 is 11.6 Å². The van der Waals surface area contributed by atoms with E-state index in [0.29, 0.717) is 18.4 Å². The number of aromatic nitrogens is 4. The van der Waals surface area contributed by atoms with Crippen molar-refractivity contribution in [2.75, 3.05) is 0 Å². The normalized spacial score (nSPS) is 21.8. The highest BCUT2D eigenvalue weighted by Crippen LogP contribution is 2.41. The molecule has 1 saturated carbocycles. The predicted molar refractivity (Wildman–Crippen MR) is 107 cm³/mol. The summed E-state index contributed by atoms with van der Waals surface area (Å²) in [6.45, 7) is 5.50. The summed E-state index contributed by atoms with van der Waals surface area (Å²) < 4.78 is 8.13. The summed E-state index contributed by atoms with van der Waals surface area (Å²) >= 11 is 6.22. The number of rotatable bonds is 2. The van der Waals surface area contributed by atoms with Crippen molar-refractivity contribution in [2.24, 2.45) is 0 Å². The number of benzene rings is 1. The van der Waals surface area contributed by atoms with Gasteiger partial charge in [-0.15, -0.1) is 10.2 Å². The molecule has 0 radical (unpaired) electrons. The van der Waals surface area contributed by atoms with E-state index in [0.717, 1.165) is 71.9 Å². The lowest BCUT2D eigenvalue weighted by molar-refractivity contribution is 0.326. The van der Waals surface area contributed by atoms with Gasteiger partial charge in [-0.05, 0) is 63.3 Å². The van der Waals surface area contributed by atoms with Crippen LogP contribution in [0, 0.1) is 13.8 Å². The Morgan fingerprint density at radius 2 is 1.86 bits per heavy atom. The molecule has 146 valence electrons. The van der Waals surface area contributed by atoms with Gasteiger partial charge in [-0.2, -0.15) is 0 Å². The molecule has 0 spiro atoms. The summed E-state index contributed by atoms with van der Waals surface area (Å²) in [5.74, 6) is 4.68. The first-order valence-electron chi connectivity index (χ1n) is 9.98. The van der Waals surface area contributed by atoms with Crippen LogP contribution in [0.3, 0.4) is 0 Å². The molecule has 28 heavy (non-hydrogen) atoms. The summed E-state index contributed by atoms with van der Waals surface area (Å²) in [4.78, 5) is 4.62. The lowest BCUT2D eigenvalue weighted by Crippen LogP contribution is -2.17. The van der Waals surface area contributed by atoms with Crippen molar-refractivity contribution in [1.29, 1.82) is 0 Å². The van der Waals surface area contributed by atoms with Crippen molar-refractivity contribution in [3.63, 3.8) is 0 Å². The van der Waals surface area contributed by atoms with Gasteiger partial charge in [0.1, 0.15) is 11.6 Å². The Morgan fingerprint density at radius 3 is 2.61 bits per heavy atom. The maximum atomic E-state index is 6.22. The largest absolute Gasteiger partial charge is 0.445 e. The minimum absolute atomic E-state index is 0.399. The van der Waals surface area contributed by atoms with Crippen molar-refractivity contribution in [3.05, 3.63) is 57.8 Å². The van der Waals surface area contributed by atoms with Crippen LogP contribution in [0.1, 0.15) is 72.1 Å². The average molecular weight is 398 g/mol. The molecule has 1 N–H and O–H groups in total. The van der Waals surface area contributed by atoms with Crippen LogP contribution < -0.4 is 5.32 Å². The van der Waals surface area contributed by atoms with Crippen LogP contribution in [0.2, 0.25) is 5.02 Å². The van der Waals surface area contributed by atoms with Crippen LogP contribution in [0.4, 0.5) is 0 Å². The molecule has 5 rings (SSSR count). The molecule has 0 bridgehead atoms. The molecule has 0 unspecified atom stereocenters. The molecule has 7 heteroatoms. The Kier molecular flexibility index (Phi) is 4.48. The fraction of sp³-hybridized carbons (Fsp3) is 0.476. The van der Waals surface area contributed by atoms with Gasteiger partial charge in [0.2, 0.25) is 0 Å². The van der Waals surface area contributed by atoms with Crippen LogP contribution in [0.15, 0.2) is 22.6 Å². The molecule has 2 aromatic heterocycles. The SMILES string of the molecule is Cc1nc([C@H]2CC[C@H](c3nnc4n3-c3ccc(Cl)cc3CNC4)CC2)oc1C. The Hall–Kier alpha value is -2.18. The van der Waals surface area contributed by atoms with Gasteiger partial charge in [0, 0.05) is 23.4 Å². The highest BCUT2D eigenvalue weighted by atomic mass is 35.5. The molecule has 1 aromatic carbocycles. The van der Waals surface area contributed by atoms with Crippen molar-refractivity contribution < 1.29 is 4.42 Å². The molecule has 3 heterocycles. The summed E-state index contributed by atoms with van der Waals surface area (Å²) in [5.41, 5.74) is 3.33. The number of aryl methyl sites for hydroxylation is 2. The second kappa shape index (κ2) is 7.01. The second-order valence-corrected chi connectivity index (χ2v) is 8.37. The smallest absolute Gasteiger partial charge is 0.197 e. The lowest BCUT2D eigenvalue weighted by atomic mass is 9.81. The van der Waals surface area contributed by atoms with Gasteiger partial charge in [-0.1, -0.05) is 11.6 Å². The minimum Gasteiger partial charge on any atom is -0.445 e. The van der Waals surface area contributed by atoms with Crippen molar-refractivity contribution >= 4 is 11.6 Å². The van der Waals surface area contributed by atoms with Gasteiger partial charge in [0.05, 0.1) is 17.9 Å². The van der Waals surface area contributed by atoms with Crippen LogP contribution in [0.5, 0.6) is 0 Å². The Bertz CT molecular complexity index is 996. The van der Waals surface area contributed by atoms with Crippen molar-refractivity contribution in [3.8, 4) is 5.69 Å². The summed E-state index contributed by atoms with van der Waals surface area (Å²) in [5, 5.41) is 13.3. The van der Waals surface area contributed by atoms with Gasteiger partial charge < -0.3 is 9.73 Å². The average Bonchev–Trinajstić information content (AvgIpc) is 3.20. The maximum Gasteiger partial charge on any atom is 0.197 e. The maximum absolute atomic E-state index is 6.22. The molecule has 0 atom stereocenters. The molecule has 2 aliphatic rings. The molecule has 1 aliphatic carbocycles. The van der Waals surface area contributed by atoms with E-state index in [-0.39, 0.29) is 0 Å². The van der Waals surface area contributed by atoms with E-state index in [9.17, 15) is 0 Å². The predicted octanol–water partition coefficient (Wildman–Crippen LogP) is 4.57. The molecule has 6 nitrogen and oxygen atoms in total.